The van der Waals surface area contributed by atoms with Gasteiger partial charge in [-0.25, -0.2) is 4.98 Å². The Morgan fingerprint density at radius 3 is 3.00 bits per heavy atom. The normalized spacial score (nSPS) is 21.1. The van der Waals surface area contributed by atoms with Gasteiger partial charge in [0.1, 0.15) is 0 Å². The number of piperidine rings is 1. The fraction of sp³-hybridized carbons (Fsp3) is 0.533. The van der Waals surface area contributed by atoms with Crippen LogP contribution in [0.1, 0.15) is 24.8 Å². The second-order valence-corrected chi connectivity index (χ2v) is 5.65. The third-order valence-electron chi connectivity index (χ3n) is 4.32. The Labute approximate surface area is 114 Å². The summed E-state index contributed by atoms with van der Waals surface area (Å²) in [5.74, 6) is 0.642. The van der Waals surface area contributed by atoms with Crippen LogP contribution in [0.2, 0.25) is 0 Å². The minimum absolute atomic E-state index is 0.578. The highest BCUT2D eigenvalue weighted by atomic mass is 15.2. The number of anilines is 1. The molecule has 3 rings (SSSR count). The number of nitrogen functional groups attached to an aromatic ring is 1. The Kier molecular flexibility index (Phi) is 3.19. The molecule has 2 aromatic rings. The summed E-state index contributed by atoms with van der Waals surface area (Å²) in [6, 6.07) is 6.87. The van der Waals surface area contributed by atoms with Crippen molar-refractivity contribution in [1.82, 2.24) is 14.5 Å². The van der Waals surface area contributed by atoms with Crippen molar-refractivity contribution in [3.63, 3.8) is 0 Å². The summed E-state index contributed by atoms with van der Waals surface area (Å²) < 4.78 is 2.18. The number of aromatic nitrogens is 2. The predicted molar refractivity (Wildman–Crippen MR) is 79.2 cm³/mol. The van der Waals surface area contributed by atoms with Gasteiger partial charge in [-0.05, 0) is 45.0 Å². The largest absolute Gasteiger partial charge is 0.369 e. The zero-order valence-electron chi connectivity index (χ0n) is 11.8. The highest BCUT2D eigenvalue weighted by Crippen LogP contribution is 2.24. The Hall–Kier alpha value is -1.55. The smallest absolute Gasteiger partial charge is 0.201 e. The molecule has 0 bridgehead atoms. The number of likely N-dealkylation sites (N-methyl/N-ethyl adjacent to an activating group) is 1. The summed E-state index contributed by atoms with van der Waals surface area (Å²) in [4.78, 5) is 6.97. The van der Waals surface area contributed by atoms with Crippen LogP contribution in [-0.2, 0) is 6.54 Å². The van der Waals surface area contributed by atoms with Gasteiger partial charge >= 0.3 is 0 Å². The lowest BCUT2D eigenvalue weighted by molar-refractivity contribution is 0.169. The van der Waals surface area contributed by atoms with E-state index in [1.807, 2.05) is 0 Å². The molecule has 1 unspecified atom stereocenters. The fourth-order valence-electron chi connectivity index (χ4n) is 3.08. The monoisotopic (exact) mass is 258 g/mol. The maximum absolute atomic E-state index is 6.12. The molecule has 19 heavy (non-hydrogen) atoms. The quantitative estimate of drug-likeness (QED) is 0.900. The zero-order chi connectivity index (χ0) is 13.4. The van der Waals surface area contributed by atoms with E-state index in [9.17, 15) is 0 Å². The van der Waals surface area contributed by atoms with E-state index in [2.05, 4.69) is 46.6 Å². The number of hydrogen-bond donors (Lipinski definition) is 1. The van der Waals surface area contributed by atoms with Gasteiger partial charge in [0.25, 0.3) is 0 Å². The molecular weight excluding hydrogens is 236 g/mol. The number of hydrogen-bond acceptors (Lipinski definition) is 3. The highest BCUT2D eigenvalue weighted by molar-refractivity contribution is 5.81. The van der Waals surface area contributed by atoms with Crippen molar-refractivity contribution in [3.05, 3.63) is 23.8 Å². The average Bonchev–Trinajstić information content (AvgIpc) is 2.71. The van der Waals surface area contributed by atoms with E-state index >= 15 is 0 Å². The molecule has 1 aromatic heterocycles. The lowest BCUT2D eigenvalue weighted by atomic mass is 10.0. The third-order valence-corrected chi connectivity index (χ3v) is 4.32. The number of likely N-dealkylation sites (tertiary alicyclic amines) is 1. The van der Waals surface area contributed by atoms with Gasteiger partial charge in [-0.15, -0.1) is 0 Å². The number of aryl methyl sites for hydroxylation is 1. The van der Waals surface area contributed by atoms with E-state index in [1.165, 1.54) is 31.4 Å². The molecule has 0 spiro atoms. The summed E-state index contributed by atoms with van der Waals surface area (Å²) in [5.41, 5.74) is 9.52. The van der Waals surface area contributed by atoms with Crippen LogP contribution in [0.15, 0.2) is 18.2 Å². The maximum atomic E-state index is 6.12. The molecule has 1 aliphatic rings. The lowest BCUT2D eigenvalue weighted by Crippen LogP contribution is -2.39. The van der Waals surface area contributed by atoms with Crippen LogP contribution in [0.3, 0.4) is 0 Å². The average molecular weight is 258 g/mol. The summed E-state index contributed by atoms with van der Waals surface area (Å²) in [6.45, 7) is 4.23. The van der Waals surface area contributed by atoms with Gasteiger partial charge < -0.3 is 15.2 Å². The van der Waals surface area contributed by atoms with Crippen molar-refractivity contribution in [3.8, 4) is 0 Å². The van der Waals surface area contributed by atoms with E-state index in [-0.39, 0.29) is 0 Å². The minimum atomic E-state index is 0.578. The van der Waals surface area contributed by atoms with Gasteiger partial charge in [-0.1, -0.05) is 18.6 Å². The molecule has 1 aromatic carbocycles. The summed E-state index contributed by atoms with van der Waals surface area (Å²) >= 11 is 0. The van der Waals surface area contributed by atoms with Gasteiger partial charge in [-0.2, -0.15) is 0 Å². The number of nitrogens with two attached hydrogens (primary N) is 1. The molecule has 0 saturated carbocycles. The SMILES string of the molecule is Cc1cccc2c1nc(N)n2CC1CCCCN1C. The van der Waals surface area contributed by atoms with Crippen molar-refractivity contribution in [1.29, 1.82) is 0 Å². The number of nitrogens with zero attached hydrogens (tertiary/aromatic N) is 3. The van der Waals surface area contributed by atoms with Crippen molar-refractivity contribution in [2.24, 2.45) is 0 Å². The zero-order valence-corrected chi connectivity index (χ0v) is 11.8. The Morgan fingerprint density at radius 1 is 1.37 bits per heavy atom. The van der Waals surface area contributed by atoms with Crippen molar-refractivity contribution < 1.29 is 0 Å². The molecule has 1 fully saturated rings. The van der Waals surface area contributed by atoms with Crippen molar-refractivity contribution >= 4 is 17.0 Å². The summed E-state index contributed by atoms with van der Waals surface area (Å²) in [6.07, 6.45) is 3.88. The van der Waals surface area contributed by atoms with E-state index in [0.29, 0.717) is 12.0 Å². The molecule has 2 N–H and O–H groups in total. The topological polar surface area (TPSA) is 47.1 Å². The molecule has 0 amide bonds. The fourth-order valence-corrected chi connectivity index (χ4v) is 3.08. The Bertz CT molecular complexity index is 587. The number of para-hydroxylation sites is 1. The number of rotatable bonds is 2. The predicted octanol–water partition coefficient (Wildman–Crippen LogP) is 2.41. The first kappa shape index (κ1) is 12.5. The summed E-state index contributed by atoms with van der Waals surface area (Å²) in [7, 11) is 2.21. The van der Waals surface area contributed by atoms with E-state index in [4.69, 9.17) is 5.73 Å². The van der Waals surface area contributed by atoms with Crippen molar-refractivity contribution in [2.75, 3.05) is 19.3 Å². The Balaban J connectivity index is 1.96. The molecule has 4 heteroatoms. The van der Waals surface area contributed by atoms with E-state index in [1.54, 1.807) is 0 Å². The lowest BCUT2D eigenvalue weighted by Gasteiger charge is -2.32. The minimum Gasteiger partial charge on any atom is -0.369 e. The number of fused-ring (bicyclic) bond motifs is 1. The molecule has 1 atom stereocenters. The first-order valence-corrected chi connectivity index (χ1v) is 7.08. The van der Waals surface area contributed by atoms with E-state index < -0.39 is 0 Å². The van der Waals surface area contributed by atoms with Gasteiger partial charge in [0, 0.05) is 12.6 Å². The van der Waals surface area contributed by atoms with Gasteiger partial charge in [0.2, 0.25) is 5.95 Å². The van der Waals surface area contributed by atoms with Crippen LogP contribution < -0.4 is 5.73 Å². The van der Waals surface area contributed by atoms with Crippen LogP contribution in [0.25, 0.3) is 11.0 Å². The molecule has 4 nitrogen and oxygen atoms in total. The van der Waals surface area contributed by atoms with Gasteiger partial charge in [-0.3, -0.25) is 0 Å². The van der Waals surface area contributed by atoms with Crippen molar-refractivity contribution in [2.45, 2.75) is 38.8 Å². The molecule has 102 valence electrons. The second kappa shape index (κ2) is 4.85. The molecule has 0 aliphatic carbocycles. The number of imidazole rings is 1. The molecule has 1 saturated heterocycles. The van der Waals surface area contributed by atoms with Gasteiger partial charge in [0.15, 0.2) is 0 Å². The molecule has 0 radical (unpaired) electrons. The number of benzene rings is 1. The first-order valence-electron chi connectivity index (χ1n) is 7.08. The summed E-state index contributed by atoms with van der Waals surface area (Å²) in [5, 5.41) is 0. The molecule has 2 heterocycles. The van der Waals surface area contributed by atoms with Crippen LogP contribution >= 0.6 is 0 Å². The van der Waals surface area contributed by atoms with Crippen LogP contribution in [0.4, 0.5) is 5.95 Å². The Morgan fingerprint density at radius 2 is 2.21 bits per heavy atom. The highest BCUT2D eigenvalue weighted by Gasteiger charge is 2.21. The third kappa shape index (κ3) is 2.21. The van der Waals surface area contributed by atoms with Gasteiger partial charge in [0.05, 0.1) is 11.0 Å². The van der Waals surface area contributed by atoms with E-state index in [0.717, 1.165) is 17.6 Å². The maximum Gasteiger partial charge on any atom is 0.201 e. The van der Waals surface area contributed by atoms with Crippen LogP contribution in [-0.4, -0.2) is 34.1 Å². The van der Waals surface area contributed by atoms with Crippen LogP contribution in [0, 0.1) is 6.92 Å². The standard InChI is InChI=1S/C15H22N4/c1-11-6-5-8-13-14(11)17-15(16)19(13)10-12-7-3-4-9-18(12)2/h5-6,8,12H,3-4,7,9-10H2,1-2H3,(H2,16,17). The molecular formula is C15H22N4. The first-order chi connectivity index (χ1) is 9.16. The van der Waals surface area contributed by atoms with Crippen LogP contribution in [0.5, 0.6) is 0 Å². The second-order valence-electron chi connectivity index (χ2n) is 5.65. The molecule has 1 aliphatic heterocycles.